The molecule has 20 heavy (non-hydrogen) atoms. The van der Waals surface area contributed by atoms with E-state index < -0.39 is 5.82 Å². The minimum absolute atomic E-state index is 0.0700. The molecular weight excluding hydrogens is 408 g/mol. The average Bonchev–Trinajstić information content (AvgIpc) is 2.40. The van der Waals surface area contributed by atoms with E-state index in [9.17, 15) is 4.39 Å². The highest BCUT2D eigenvalue weighted by molar-refractivity contribution is 9.11. The molecule has 0 bridgehead atoms. The lowest BCUT2D eigenvalue weighted by atomic mass is 9.98. The van der Waals surface area contributed by atoms with Crippen molar-refractivity contribution >= 4 is 43.5 Å². The van der Waals surface area contributed by atoms with Gasteiger partial charge in [-0.2, -0.15) is 0 Å². The minimum Gasteiger partial charge on any atom is -0.309 e. The van der Waals surface area contributed by atoms with Gasteiger partial charge in [-0.3, -0.25) is 0 Å². The second-order valence-corrected chi connectivity index (χ2v) is 6.63. The molecule has 0 amide bonds. The molecule has 5 heteroatoms. The van der Waals surface area contributed by atoms with Crippen molar-refractivity contribution in [3.05, 3.63) is 66.8 Å². The van der Waals surface area contributed by atoms with Crippen molar-refractivity contribution in [2.24, 2.45) is 0 Å². The van der Waals surface area contributed by atoms with Crippen LogP contribution in [0.3, 0.4) is 0 Å². The van der Waals surface area contributed by atoms with Crippen molar-refractivity contribution in [3.63, 3.8) is 0 Å². The zero-order valence-electron chi connectivity index (χ0n) is 11.0. The van der Waals surface area contributed by atoms with Gasteiger partial charge in [-0.05, 0) is 54.9 Å². The van der Waals surface area contributed by atoms with Crippen molar-refractivity contribution in [2.45, 2.75) is 13.0 Å². The van der Waals surface area contributed by atoms with E-state index >= 15 is 0 Å². The summed E-state index contributed by atoms with van der Waals surface area (Å²) < 4.78 is 15.3. The summed E-state index contributed by atoms with van der Waals surface area (Å²) in [7, 11) is 1.86. The van der Waals surface area contributed by atoms with Gasteiger partial charge in [-0.15, -0.1) is 0 Å². The number of hydrogen-bond donors (Lipinski definition) is 1. The lowest BCUT2D eigenvalue weighted by Crippen LogP contribution is -2.18. The molecule has 2 rings (SSSR count). The molecule has 0 fully saturated rings. The SMILES string of the molecule is CNC(c1ccc(F)c(Cl)c1)c1cc(Br)c(C)cc1Br. The molecule has 1 N–H and O–H groups in total. The summed E-state index contributed by atoms with van der Waals surface area (Å²) in [6.07, 6.45) is 0. The molecule has 1 unspecified atom stereocenters. The minimum atomic E-state index is -0.408. The van der Waals surface area contributed by atoms with Gasteiger partial charge >= 0.3 is 0 Å². The Morgan fingerprint density at radius 2 is 1.85 bits per heavy atom. The van der Waals surface area contributed by atoms with E-state index in [2.05, 4.69) is 49.3 Å². The molecule has 2 aromatic rings. The van der Waals surface area contributed by atoms with Crippen LogP contribution in [0.25, 0.3) is 0 Å². The summed E-state index contributed by atoms with van der Waals surface area (Å²) in [5.74, 6) is -0.408. The number of aryl methyl sites for hydroxylation is 1. The molecule has 1 nitrogen and oxygen atoms in total. The standard InChI is InChI=1S/C15H13Br2ClFN/c1-8-5-12(17)10(7-11(8)16)15(20-2)9-3-4-14(19)13(18)6-9/h3-7,15,20H,1-2H3. The predicted molar refractivity (Wildman–Crippen MR) is 88.9 cm³/mol. The number of halogens is 4. The third-order valence-electron chi connectivity index (χ3n) is 3.15. The Balaban J connectivity index is 2.52. The van der Waals surface area contributed by atoms with E-state index in [4.69, 9.17) is 11.6 Å². The zero-order valence-corrected chi connectivity index (χ0v) is 14.9. The molecule has 0 spiro atoms. The van der Waals surface area contributed by atoms with E-state index in [0.29, 0.717) is 0 Å². The van der Waals surface area contributed by atoms with Crippen LogP contribution in [0.5, 0.6) is 0 Å². The van der Waals surface area contributed by atoms with Crippen molar-refractivity contribution in [2.75, 3.05) is 7.05 Å². The van der Waals surface area contributed by atoms with Gasteiger partial charge in [-0.25, -0.2) is 4.39 Å². The summed E-state index contributed by atoms with van der Waals surface area (Å²) in [6.45, 7) is 2.03. The molecule has 0 saturated carbocycles. The number of benzene rings is 2. The van der Waals surface area contributed by atoms with Gasteiger partial charge in [-0.1, -0.05) is 49.5 Å². The van der Waals surface area contributed by atoms with Gasteiger partial charge in [0.1, 0.15) is 5.82 Å². The van der Waals surface area contributed by atoms with E-state index in [0.717, 1.165) is 25.6 Å². The van der Waals surface area contributed by atoms with Crippen LogP contribution in [0.4, 0.5) is 4.39 Å². The fourth-order valence-corrected chi connectivity index (χ4v) is 3.31. The van der Waals surface area contributed by atoms with Crippen LogP contribution in [0.15, 0.2) is 39.3 Å². The number of hydrogen-bond acceptors (Lipinski definition) is 1. The highest BCUT2D eigenvalue weighted by Crippen LogP contribution is 2.33. The van der Waals surface area contributed by atoms with Crippen molar-refractivity contribution in [3.8, 4) is 0 Å². The first-order chi connectivity index (χ1) is 9.43. The van der Waals surface area contributed by atoms with Crippen molar-refractivity contribution in [1.29, 1.82) is 0 Å². The third kappa shape index (κ3) is 3.25. The summed E-state index contributed by atoms with van der Waals surface area (Å²) >= 11 is 13.0. The maximum absolute atomic E-state index is 13.3. The summed E-state index contributed by atoms with van der Waals surface area (Å²) in [5.41, 5.74) is 3.12. The highest BCUT2D eigenvalue weighted by Gasteiger charge is 2.17. The molecule has 0 heterocycles. The van der Waals surface area contributed by atoms with Crippen LogP contribution >= 0.6 is 43.5 Å². The molecule has 0 aromatic heterocycles. The Labute approximate surface area is 139 Å². The smallest absolute Gasteiger partial charge is 0.141 e. The Hall–Kier alpha value is -0.420. The largest absolute Gasteiger partial charge is 0.309 e. The van der Waals surface area contributed by atoms with Crippen LogP contribution < -0.4 is 5.32 Å². The van der Waals surface area contributed by atoms with Gasteiger partial charge < -0.3 is 5.32 Å². The molecule has 106 valence electrons. The maximum atomic E-state index is 13.3. The van der Waals surface area contributed by atoms with Gasteiger partial charge in [0.25, 0.3) is 0 Å². The Bertz CT molecular complexity index is 646. The predicted octanol–water partition coefficient (Wildman–Crippen LogP) is 5.62. The average molecular weight is 422 g/mol. The highest BCUT2D eigenvalue weighted by atomic mass is 79.9. The van der Waals surface area contributed by atoms with Gasteiger partial charge in [0.05, 0.1) is 11.1 Å². The summed E-state index contributed by atoms with van der Waals surface area (Å²) in [6, 6.07) is 8.81. The topological polar surface area (TPSA) is 12.0 Å². The lowest BCUT2D eigenvalue weighted by molar-refractivity contribution is 0.623. The van der Waals surface area contributed by atoms with Crippen LogP contribution in [-0.2, 0) is 0 Å². The zero-order chi connectivity index (χ0) is 14.9. The first-order valence-electron chi connectivity index (χ1n) is 6.01. The molecule has 0 saturated heterocycles. The Morgan fingerprint density at radius 1 is 1.15 bits per heavy atom. The molecule has 2 aromatic carbocycles. The van der Waals surface area contributed by atoms with Crippen LogP contribution in [-0.4, -0.2) is 7.05 Å². The fourth-order valence-electron chi connectivity index (χ4n) is 2.08. The van der Waals surface area contributed by atoms with Crippen LogP contribution in [0.1, 0.15) is 22.7 Å². The Kier molecular flexibility index (Phi) is 5.24. The third-order valence-corrected chi connectivity index (χ3v) is 4.99. The van der Waals surface area contributed by atoms with Crippen LogP contribution in [0.2, 0.25) is 5.02 Å². The molecule has 1 atom stereocenters. The molecule has 0 aliphatic heterocycles. The van der Waals surface area contributed by atoms with Gasteiger partial charge in [0.2, 0.25) is 0 Å². The van der Waals surface area contributed by atoms with E-state index in [1.807, 2.05) is 14.0 Å². The number of nitrogens with one attached hydrogen (secondary N) is 1. The van der Waals surface area contributed by atoms with Crippen molar-refractivity contribution < 1.29 is 4.39 Å². The monoisotopic (exact) mass is 419 g/mol. The first kappa shape index (κ1) is 16.0. The van der Waals surface area contributed by atoms with Gasteiger partial charge in [0.15, 0.2) is 0 Å². The lowest BCUT2D eigenvalue weighted by Gasteiger charge is -2.20. The Morgan fingerprint density at radius 3 is 2.45 bits per heavy atom. The van der Waals surface area contributed by atoms with E-state index in [1.165, 1.54) is 6.07 Å². The van der Waals surface area contributed by atoms with E-state index in [-0.39, 0.29) is 11.1 Å². The van der Waals surface area contributed by atoms with Crippen LogP contribution in [0, 0.1) is 12.7 Å². The number of rotatable bonds is 3. The first-order valence-corrected chi connectivity index (χ1v) is 7.98. The molecule has 0 radical (unpaired) electrons. The summed E-state index contributed by atoms with van der Waals surface area (Å²) in [4.78, 5) is 0. The quantitative estimate of drug-likeness (QED) is 0.678. The normalized spacial score (nSPS) is 12.5. The molecule has 0 aliphatic rings. The molecular formula is C15H13Br2ClFN. The summed E-state index contributed by atoms with van der Waals surface area (Å²) in [5, 5.41) is 3.37. The van der Waals surface area contributed by atoms with E-state index in [1.54, 1.807) is 12.1 Å². The molecule has 0 aliphatic carbocycles. The fraction of sp³-hybridized carbons (Fsp3) is 0.200. The second kappa shape index (κ2) is 6.56. The maximum Gasteiger partial charge on any atom is 0.141 e. The second-order valence-electron chi connectivity index (χ2n) is 4.52. The van der Waals surface area contributed by atoms with Crippen molar-refractivity contribution in [1.82, 2.24) is 5.32 Å². The van der Waals surface area contributed by atoms with Gasteiger partial charge in [0, 0.05) is 8.95 Å².